The van der Waals surface area contributed by atoms with Gasteiger partial charge in [-0.15, -0.1) is 0 Å². The molecular formula is C34H22N2OS. The standard InChI is InChI=1S/C34H22N2OS/c1-3-10-21(11-4-1)23-18-19-27-26(20-23)30-25(15-9-16-28(30)37-27)34-35-31(22-12-5-2-6-13-22)33-32(36-34)24-14-7-8-17-29(24)38-33/h1-20,32H,(H,35,36). The first-order valence-electron chi connectivity index (χ1n) is 12.8. The van der Waals surface area contributed by atoms with Crippen LogP contribution in [0.2, 0.25) is 0 Å². The molecule has 1 atom stereocenters. The molecule has 8 rings (SSSR count). The first-order chi connectivity index (χ1) is 18.8. The smallest absolute Gasteiger partial charge is 0.136 e. The highest BCUT2D eigenvalue weighted by Gasteiger charge is 2.35. The van der Waals surface area contributed by atoms with E-state index in [4.69, 9.17) is 9.41 Å². The van der Waals surface area contributed by atoms with Crippen LogP contribution in [0, 0.1) is 0 Å². The molecule has 0 saturated carbocycles. The minimum atomic E-state index is 0.0622. The average Bonchev–Trinajstić information content (AvgIpc) is 3.55. The van der Waals surface area contributed by atoms with E-state index >= 15 is 0 Å². The van der Waals surface area contributed by atoms with E-state index in [2.05, 4.69) is 115 Å². The molecule has 6 aromatic rings. The highest BCUT2D eigenvalue weighted by Crippen LogP contribution is 2.52. The van der Waals surface area contributed by atoms with Gasteiger partial charge in [0.05, 0.1) is 11.7 Å². The number of fused-ring (bicyclic) bond motifs is 6. The second-order valence-corrected chi connectivity index (χ2v) is 10.7. The predicted molar refractivity (Wildman–Crippen MR) is 157 cm³/mol. The topological polar surface area (TPSA) is 37.5 Å². The Morgan fingerprint density at radius 3 is 2.26 bits per heavy atom. The number of benzene rings is 5. The van der Waals surface area contributed by atoms with Crippen LogP contribution in [-0.4, -0.2) is 5.84 Å². The van der Waals surface area contributed by atoms with Crippen molar-refractivity contribution in [3.05, 3.63) is 143 Å². The van der Waals surface area contributed by atoms with E-state index < -0.39 is 0 Å². The summed E-state index contributed by atoms with van der Waals surface area (Å²) in [6.07, 6.45) is 0. The third-order valence-electron chi connectivity index (χ3n) is 7.35. The number of furan rings is 1. The van der Waals surface area contributed by atoms with Crippen molar-refractivity contribution in [3.8, 4) is 11.1 Å². The second-order valence-electron chi connectivity index (χ2n) is 9.61. The summed E-state index contributed by atoms with van der Waals surface area (Å²) in [7, 11) is 0. The zero-order chi connectivity index (χ0) is 25.1. The zero-order valence-corrected chi connectivity index (χ0v) is 21.2. The van der Waals surface area contributed by atoms with Crippen molar-refractivity contribution in [2.45, 2.75) is 10.9 Å². The van der Waals surface area contributed by atoms with Crippen LogP contribution in [0.25, 0.3) is 38.8 Å². The van der Waals surface area contributed by atoms with Crippen molar-refractivity contribution in [1.82, 2.24) is 5.32 Å². The predicted octanol–water partition coefficient (Wildman–Crippen LogP) is 8.82. The van der Waals surface area contributed by atoms with Gasteiger partial charge in [0.1, 0.15) is 17.0 Å². The van der Waals surface area contributed by atoms with E-state index in [1.807, 2.05) is 23.9 Å². The molecule has 1 aromatic heterocycles. The van der Waals surface area contributed by atoms with Crippen molar-refractivity contribution in [2.24, 2.45) is 4.99 Å². The molecule has 0 aliphatic carbocycles. The minimum Gasteiger partial charge on any atom is -0.456 e. The van der Waals surface area contributed by atoms with E-state index in [1.165, 1.54) is 26.5 Å². The van der Waals surface area contributed by atoms with Gasteiger partial charge in [-0.3, -0.25) is 0 Å². The van der Waals surface area contributed by atoms with Gasteiger partial charge in [0.2, 0.25) is 0 Å². The van der Waals surface area contributed by atoms with Gasteiger partial charge in [-0.2, -0.15) is 0 Å². The quantitative estimate of drug-likeness (QED) is 0.261. The molecule has 4 heteroatoms. The minimum absolute atomic E-state index is 0.0622. The lowest BCUT2D eigenvalue weighted by molar-refractivity contribution is 0.669. The molecule has 0 radical (unpaired) electrons. The number of aliphatic imine (C=N–C) groups is 1. The monoisotopic (exact) mass is 506 g/mol. The zero-order valence-electron chi connectivity index (χ0n) is 20.4. The molecule has 3 heterocycles. The van der Waals surface area contributed by atoms with Gasteiger partial charge < -0.3 is 9.73 Å². The maximum absolute atomic E-state index is 6.33. The average molecular weight is 507 g/mol. The summed E-state index contributed by atoms with van der Waals surface area (Å²) in [4.78, 5) is 7.82. The first-order valence-corrected chi connectivity index (χ1v) is 13.6. The Balaban J connectivity index is 1.35. The lowest BCUT2D eigenvalue weighted by atomic mass is 9.98. The molecule has 3 nitrogen and oxygen atoms in total. The van der Waals surface area contributed by atoms with Crippen LogP contribution in [0.4, 0.5) is 0 Å². The highest BCUT2D eigenvalue weighted by molar-refractivity contribution is 8.03. The van der Waals surface area contributed by atoms with Gasteiger partial charge in [0.15, 0.2) is 0 Å². The Morgan fingerprint density at radius 2 is 1.42 bits per heavy atom. The van der Waals surface area contributed by atoms with Crippen molar-refractivity contribution >= 4 is 45.2 Å². The number of hydrogen-bond donors (Lipinski definition) is 1. The molecule has 38 heavy (non-hydrogen) atoms. The molecular weight excluding hydrogens is 484 g/mol. The van der Waals surface area contributed by atoms with Gasteiger partial charge in [-0.25, -0.2) is 4.99 Å². The van der Waals surface area contributed by atoms with Crippen molar-refractivity contribution in [3.63, 3.8) is 0 Å². The van der Waals surface area contributed by atoms with Crippen molar-refractivity contribution in [2.75, 3.05) is 0 Å². The van der Waals surface area contributed by atoms with Gasteiger partial charge in [0, 0.05) is 31.7 Å². The SMILES string of the molecule is c1ccc(C2=C3Sc4ccccc4C3NC(c3cccc4oc5ccc(-c6ccccc6)cc5c34)=N2)cc1. The van der Waals surface area contributed by atoms with E-state index in [0.717, 1.165) is 44.6 Å². The molecule has 0 amide bonds. The number of nitrogens with one attached hydrogen (secondary N) is 1. The summed E-state index contributed by atoms with van der Waals surface area (Å²) in [5, 5.41) is 5.99. The highest BCUT2D eigenvalue weighted by atomic mass is 32.2. The van der Waals surface area contributed by atoms with E-state index in [1.54, 1.807) is 0 Å². The van der Waals surface area contributed by atoms with Crippen LogP contribution in [0.1, 0.15) is 22.7 Å². The summed E-state index contributed by atoms with van der Waals surface area (Å²) in [6, 6.07) is 42.4. The van der Waals surface area contributed by atoms with Crippen LogP contribution >= 0.6 is 11.8 Å². The number of rotatable bonds is 3. The summed E-state index contributed by atoms with van der Waals surface area (Å²) >= 11 is 1.82. The van der Waals surface area contributed by atoms with E-state index in [-0.39, 0.29) is 6.04 Å². The number of nitrogens with zero attached hydrogens (tertiary/aromatic N) is 1. The molecule has 1 unspecified atom stereocenters. The maximum atomic E-state index is 6.33. The van der Waals surface area contributed by atoms with Crippen LogP contribution in [0.15, 0.2) is 141 Å². The van der Waals surface area contributed by atoms with Gasteiger partial charge in [0.25, 0.3) is 0 Å². The Morgan fingerprint density at radius 1 is 0.658 bits per heavy atom. The summed E-state index contributed by atoms with van der Waals surface area (Å²) < 4.78 is 6.33. The van der Waals surface area contributed by atoms with Crippen LogP contribution in [0.3, 0.4) is 0 Å². The number of hydrogen-bond acceptors (Lipinski definition) is 4. The fourth-order valence-corrected chi connectivity index (χ4v) is 6.82. The molecule has 180 valence electrons. The molecule has 2 aliphatic rings. The van der Waals surface area contributed by atoms with Gasteiger partial charge in [-0.05, 0) is 41.0 Å². The maximum Gasteiger partial charge on any atom is 0.136 e. The molecule has 5 aromatic carbocycles. The summed E-state index contributed by atoms with van der Waals surface area (Å²) in [6.45, 7) is 0. The summed E-state index contributed by atoms with van der Waals surface area (Å²) in [5.74, 6) is 0.869. The fourth-order valence-electron chi connectivity index (χ4n) is 5.57. The number of amidine groups is 1. The Bertz CT molecular complexity index is 1920. The molecule has 0 bridgehead atoms. The molecule has 0 fully saturated rings. The Labute approximate surface area is 224 Å². The first kappa shape index (κ1) is 21.5. The third-order valence-corrected chi connectivity index (χ3v) is 8.60. The lowest BCUT2D eigenvalue weighted by Crippen LogP contribution is -2.32. The van der Waals surface area contributed by atoms with Crippen LogP contribution < -0.4 is 5.32 Å². The van der Waals surface area contributed by atoms with Crippen LogP contribution in [-0.2, 0) is 0 Å². The second kappa shape index (κ2) is 8.51. The molecule has 2 aliphatic heterocycles. The summed E-state index contributed by atoms with van der Waals surface area (Å²) in [5.41, 5.74) is 8.60. The van der Waals surface area contributed by atoms with Gasteiger partial charge in [-0.1, -0.05) is 109 Å². The Kier molecular flexibility index (Phi) is 4.82. The van der Waals surface area contributed by atoms with Crippen molar-refractivity contribution < 1.29 is 4.42 Å². The third kappa shape index (κ3) is 3.34. The van der Waals surface area contributed by atoms with Crippen molar-refractivity contribution in [1.29, 1.82) is 0 Å². The van der Waals surface area contributed by atoms with E-state index in [9.17, 15) is 0 Å². The van der Waals surface area contributed by atoms with E-state index in [0.29, 0.717) is 0 Å². The molecule has 0 saturated heterocycles. The normalized spacial score (nSPS) is 16.3. The molecule has 0 spiro atoms. The lowest BCUT2D eigenvalue weighted by Gasteiger charge is -2.25. The Hall–Kier alpha value is -4.54. The fraction of sp³-hybridized carbons (Fsp3) is 0.0294. The number of thioether (sulfide) groups is 1. The van der Waals surface area contributed by atoms with Crippen LogP contribution in [0.5, 0.6) is 0 Å². The van der Waals surface area contributed by atoms with Gasteiger partial charge >= 0.3 is 0 Å². The largest absolute Gasteiger partial charge is 0.456 e. The molecule has 1 N–H and O–H groups in total.